The molecule has 152 valence electrons. The van der Waals surface area contributed by atoms with Crippen molar-refractivity contribution in [1.29, 1.82) is 0 Å². The Labute approximate surface area is 171 Å². The van der Waals surface area contributed by atoms with E-state index in [1.807, 2.05) is 54.6 Å². The predicted octanol–water partition coefficient (Wildman–Crippen LogP) is 5.20. The summed E-state index contributed by atoms with van der Waals surface area (Å²) in [5.41, 5.74) is 3.34. The molecule has 0 aliphatic rings. The first-order valence-corrected chi connectivity index (χ1v) is 9.46. The second-order valence-electron chi connectivity index (χ2n) is 6.64. The molecule has 0 saturated carbocycles. The van der Waals surface area contributed by atoms with Gasteiger partial charge in [0.1, 0.15) is 11.6 Å². The van der Waals surface area contributed by atoms with Crippen LogP contribution in [0.1, 0.15) is 12.2 Å². The van der Waals surface area contributed by atoms with Crippen LogP contribution in [0.3, 0.4) is 0 Å². The van der Waals surface area contributed by atoms with E-state index < -0.39 is 6.61 Å². The van der Waals surface area contributed by atoms with Gasteiger partial charge in [-0.05, 0) is 48.5 Å². The number of para-hydroxylation sites is 3. The normalized spacial score (nSPS) is 11.0. The number of benzene rings is 3. The summed E-state index contributed by atoms with van der Waals surface area (Å²) in [5, 5.41) is 2.77. The van der Waals surface area contributed by atoms with Crippen molar-refractivity contribution in [2.24, 2.45) is 0 Å². The Hall–Kier alpha value is -3.74. The number of fused-ring (bicyclic) bond motifs is 1. The van der Waals surface area contributed by atoms with Crippen LogP contribution in [0.4, 0.5) is 14.5 Å². The summed E-state index contributed by atoms with van der Waals surface area (Å²) in [6.45, 7) is -2.88. The Bertz CT molecular complexity index is 1140. The van der Waals surface area contributed by atoms with E-state index in [-0.39, 0.29) is 18.1 Å². The van der Waals surface area contributed by atoms with Gasteiger partial charge in [0, 0.05) is 24.2 Å². The number of alkyl halides is 2. The first-order chi connectivity index (χ1) is 14.6. The molecule has 30 heavy (non-hydrogen) atoms. The number of carbonyl (C=O) groups is 1. The Morgan fingerprint density at radius 1 is 0.967 bits per heavy atom. The number of carbonyl (C=O) groups excluding carboxylic acids is 1. The van der Waals surface area contributed by atoms with Crippen molar-refractivity contribution in [3.63, 3.8) is 0 Å². The Morgan fingerprint density at radius 2 is 1.67 bits per heavy atom. The summed E-state index contributed by atoms with van der Waals surface area (Å²) < 4.78 is 30.8. The quantitative estimate of drug-likeness (QED) is 0.458. The number of aryl methyl sites for hydroxylation is 1. The Morgan fingerprint density at radius 3 is 2.40 bits per heavy atom. The number of halogens is 2. The summed E-state index contributed by atoms with van der Waals surface area (Å²) in [7, 11) is 0. The van der Waals surface area contributed by atoms with Gasteiger partial charge in [0.05, 0.1) is 11.0 Å². The molecule has 0 fully saturated rings. The van der Waals surface area contributed by atoms with E-state index in [9.17, 15) is 13.6 Å². The molecule has 0 atom stereocenters. The highest BCUT2D eigenvalue weighted by Crippen LogP contribution is 2.23. The van der Waals surface area contributed by atoms with Crippen LogP contribution in [0.15, 0.2) is 78.9 Å². The monoisotopic (exact) mass is 407 g/mol. The number of rotatable bonds is 7. The predicted molar refractivity (Wildman–Crippen MR) is 111 cm³/mol. The van der Waals surface area contributed by atoms with Crippen molar-refractivity contribution in [2.45, 2.75) is 19.5 Å². The Balaban J connectivity index is 1.48. The minimum atomic E-state index is -2.88. The molecule has 4 rings (SSSR count). The average Bonchev–Trinajstić information content (AvgIpc) is 3.12. The maximum absolute atomic E-state index is 12.4. The average molecular weight is 407 g/mol. The zero-order chi connectivity index (χ0) is 20.9. The van der Waals surface area contributed by atoms with Gasteiger partial charge in [-0.25, -0.2) is 4.98 Å². The van der Waals surface area contributed by atoms with E-state index in [0.717, 1.165) is 22.5 Å². The molecule has 1 amide bonds. The molecule has 0 bridgehead atoms. The van der Waals surface area contributed by atoms with Crippen LogP contribution in [0.25, 0.3) is 16.7 Å². The number of anilines is 1. The molecule has 0 spiro atoms. The van der Waals surface area contributed by atoms with E-state index >= 15 is 0 Å². The number of nitrogens with zero attached hydrogens (tertiary/aromatic N) is 2. The number of aromatic nitrogens is 2. The first-order valence-electron chi connectivity index (χ1n) is 9.46. The molecule has 3 aromatic carbocycles. The molecule has 1 N–H and O–H groups in total. The van der Waals surface area contributed by atoms with E-state index in [4.69, 9.17) is 4.98 Å². The summed E-state index contributed by atoms with van der Waals surface area (Å²) in [6.07, 6.45) is 0.674. The number of hydrogen-bond acceptors (Lipinski definition) is 3. The summed E-state index contributed by atoms with van der Waals surface area (Å²) in [6, 6.07) is 23.5. The molecule has 0 aliphatic carbocycles. The van der Waals surface area contributed by atoms with E-state index in [1.54, 1.807) is 0 Å². The van der Waals surface area contributed by atoms with Gasteiger partial charge in [0.2, 0.25) is 5.91 Å². The zero-order valence-electron chi connectivity index (χ0n) is 16.0. The standard InChI is InChI=1S/C23H19F2N3O2/c24-23(25)30-18-12-10-16(11-13-18)26-22(29)15-14-21-27-19-8-4-5-9-20(19)28(21)17-6-2-1-3-7-17/h1-13,23H,14-15H2,(H,26,29). The lowest BCUT2D eigenvalue weighted by atomic mass is 10.2. The van der Waals surface area contributed by atoms with Gasteiger partial charge >= 0.3 is 6.61 Å². The van der Waals surface area contributed by atoms with Gasteiger partial charge in [0.25, 0.3) is 0 Å². The topological polar surface area (TPSA) is 56.2 Å². The molecule has 0 saturated heterocycles. The second-order valence-corrected chi connectivity index (χ2v) is 6.64. The van der Waals surface area contributed by atoms with Crippen LogP contribution in [0.2, 0.25) is 0 Å². The van der Waals surface area contributed by atoms with E-state index in [0.29, 0.717) is 12.1 Å². The number of amides is 1. The molecule has 7 heteroatoms. The highest BCUT2D eigenvalue weighted by Gasteiger charge is 2.14. The third-order valence-corrected chi connectivity index (χ3v) is 4.58. The second kappa shape index (κ2) is 8.73. The molecule has 4 aromatic rings. The summed E-state index contributed by atoms with van der Waals surface area (Å²) in [4.78, 5) is 17.1. The molecule has 1 aromatic heterocycles. The fourth-order valence-corrected chi connectivity index (χ4v) is 3.28. The third kappa shape index (κ3) is 4.46. The number of nitrogens with one attached hydrogen (secondary N) is 1. The van der Waals surface area contributed by atoms with Crippen molar-refractivity contribution in [3.05, 3.63) is 84.7 Å². The van der Waals surface area contributed by atoms with Crippen molar-refractivity contribution in [2.75, 3.05) is 5.32 Å². The van der Waals surface area contributed by atoms with Crippen LogP contribution >= 0.6 is 0 Å². The first kappa shape index (κ1) is 19.6. The molecular formula is C23H19F2N3O2. The lowest BCUT2D eigenvalue weighted by Gasteiger charge is -2.10. The largest absolute Gasteiger partial charge is 0.435 e. The van der Waals surface area contributed by atoms with Crippen LogP contribution in [-0.4, -0.2) is 22.1 Å². The van der Waals surface area contributed by atoms with E-state index in [1.165, 1.54) is 24.3 Å². The maximum Gasteiger partial charge on any atom is 0.387 e. The number of ether oxygens (including phenoxy) is 1. The maximum atomic E-state index is 12.4. The van der Waals surface area contributed by atoms with E-state index in [2.05, 4.69) is 14.6 Å². The highest BCUT2D eigenvalue weighted by atomic mass is 19.3. The van der Waals surface area contributed by atoms with Crippen molar-refractivity contribution < 1.29 is 18.3 Å². The molecule has 0 unspecified atom stereocenters. The molecule has 1 heterocycles. The van der Waals surface area contributed by atoms with Gasteiger partial charge in [-0.15, -0.1) is 0 Å². The van der Waals surface area contributed by atoms with Crippen LogP contribution in [-0.2, 0) is 11.2 Å². The van der Waals surface area contributed by atoms with Gasteiger partial charge in [-0.3, -0.25) is 9.36 Å². The fraction of sp³-hybridized carbons (Fsp3) is 0.130. The minimum absolute atomic E-state index is 0.0413. The van der Waals surface area contributed by atoms with Crippen molar-refractivity contribution in [3.8, 4) is 11.4 Å². The van der Waals surface area contributed by atoms with Crippen molar-refractivity contribution in [1.82, 2.24) is 9.55 Å². The van der Waals surface area contributed by atoms with Crippen LogP contribution in [0, 0.1) is 0 Å². The molecule has 5 nitrogen and oxygen atoms in total. The molecular weight excluding hydrogens is 388 g/mol. The third-order valence-electron chi connectivity index (χ3n) is 4.58. The fourth-order valence-electron chi connectivity index (χ4n) is 3.28. The summed E-state index contributed by atoms with van der Waals surface area (Å²) in [5.74, 6) is 0.641. The highest BCUT2D eigenvalue weighted by molar-refractivity contribution is 5.91. The Kier molecular flexibility index (Phi) is 5.70. The molecule has 0 aliphatic heterocycles. The number of hydrogen-bond donors (Lipinski definition) is 1. The van der Waals surface area contributed by atoms with Crippen LogP contribution < -0.4 is 10.1 Å². The van der Waals surface area contributed by atoms with Gasteiger partial charge < -0.3 is 10.1 Å². The number of imidazole rings is 1. The molecule has 0 radical (unpaired) electrons. The lowest BCUT2D eigenvalue weighted by Crippen LogP contribution is -2.14. The summed E-state index contributed by atoms with van der Waals surface area (Å²) >= 11 is 0. The van der Waals surface area contributed by atoms with Crippen molar-refractivity contribution >= 4 is 22.6 Å². The van der Waals surface area contributed by atoms with Crippen LogP contribution in [0.5, 0.6) is 5.75 Å². The SMILES string of the molecule is O=C(CCc1nc2ccccc2n1-c1ccccc1)Nc1ccc(OC(F)F)cc1. The smallest absolute Gasteiger partial charge is 0.387 e. The zero-order valence-corrected chi connectivity index (χ0v) is 16.0. The lowest BCUT2D eigenvalue weighted by molar-refractivity contribution is -0.116. The minimum Gasteiger partial charge on any atom is -0.435 e. The van der Waals surface area contributed by atoms with Gasteiger partial charge in [-0.1, -0.05) is 30.3 Å². The van der Waals surface area contributed by atoms with Gasteiger partial charge in [-0.2, -0.15) is 8.78 Å². The van der Waals surface area contributed by atoms with Gasteiger partial charge in [0.15, 0.2) is 0 Å².